The minimum Gasteiger partial charge on any atom is -0.418 e. The number of aliphatic hydroxyl groups is 2. The van der Waals surface area contributed by atoms with E-state index < -0.39 is 14.5 Å². The number of nitrogens with zero attached hydrogens (tertiary/aromatic N) is 2. The molecule has 0 aromatic rings. The van der Waals surface area contributed by atoms with Crippen LogP contribution in [-0.2, 0) is 0 Å². The van der Waals surface area contributed by atoms with Crippen molar-refractivity contribution in [3.8, 4) is 0 Å². The lowest BCUT2D eigenvalue weighted by atomic mass is 10.1. The van der Waals surface area contributed by atoms with Gasteiger partial charge in [-0.1, -0.05) is 77.0 Å². The molecule has 0 aromatic carbocycles. The van der Waals surface area contributed by atoms with Crippen LogP contribution in [0.15, 0.2) is 0 Å². The number of likely N-dealkylation sites (N-methyl/N-ethyl adjacent to an activating group) is 2. The molecule has 0 rings (SSSR count). The first-order valence-corrected chi connectivity index (χ1v) is 15.9. The zero-order valence-corrected chi connectivity index (χ0v) is 26.9. The Balaban J connectivity index is -0.00000129. The molecule has 0 saturated heterocycles. The Kier molecular flexibility index (Phi) is 30.5. The number of quaternary nitrogens is 2. The summed E-state index contributed by atoms with van der Waals surface area (Å²) < 4.78 is 80.3. The van der Waals surface area contributed by atoms with Crippen LogP contribution in [0.3, 0.4) is 0 Å². The Morgan fingerprint density at radius 3 is 0.690 bits per heavy atom. The van der Waals surface area contributed by atoms with Crippen LogP contribution in [0.1, 0.15) is 116 Å². The Morgan fingerprint density at radius 2 is 0.500 bits per heavy atom. The topological polar surface area (TPSA) is 40.5 Å². The summed E-state index contributed by atoms with van der Waals surface area (Å²) in [6, 6.07) is 0. The summed E-state index contributed by atoms with van der Waals surface area (Å²) in [5.74, 6) is 0. The zero-order chi connectivity index (χ0) is 33.0. The summed E-state index contributed by atoms with van der Waals surface area (Å²) in [5, 5.41) is 17.6. The molecule has 0 aromatic heterocycles. The smallest absolute Gasteiger partial charge is 0.418 e. The van der Waals surface area contributed by atoms with Crippen molar-refractivity contribution in [2.45, 2.75) is 116 Å². The zero-order valence-electron chi connectivity index (χ0n) is 26.9. The third-order valence-corrected chi connectivity index (χ3v) is 7.15. The molecule has 0 spiro atoms. The third kappa shape index (κ3) is 55.4. The van der Waals surface area contributed by atoms with Crippen molar-refractivity contribution in [1.29, 1.82) is 0 Å². The van der Waals surface area contributed by atoms with E-state index in [0.29, 0.717) is 13.2 Å². The predicted octanol–water partition coefficient (Wildman–Crippen LogP) is 8.75. The van der Waals surface area contributed by atoms with Crippen LogP contribution in [0.5, 0.6) is 0 Å². The van der Waals surface area contributed by atoms with Crippen molar-refractivity contribution in [2.24, 2.45) is 0 Å². The largest absolute Gasteiger partial charge is 0.673 e. The van der Waals surface area contributed by atoms with Gasteiger partial charge < -0.3 is 53.7 Å². The second-order valence-electron chi connectivity index (χ2n) is 12.6. The highest BCUT2D eigenvalue weighted by atomic mass is 19.5. The lowest BCUT2D eigenvalue weighted by Crippen LogP contribution is -2.51. The summed E-state index contributed by atoms with van der Waals surface area (Å²) in [4.78, 5) is 0. The van der Waals surface area contributed by atoms with Crippen molar-refractivity contribution in [1.82, 2.24) is 0 Å². The number of hydrogen-bond donors (Lipinski definition) is 2. The van der Waals surface area contributed by atoms with Crippen molar-refractivity contribution in [3.63, 3.8) is 0 Å². The monoisotopic (exact) mass is 632 g/mol. The van der Waals surface area contributed by atoms with Crippen molar-refractivity contribution >= 4 is 14.5 Å². The number of hydrogen-bond acceptors (Lipinski definition) is 2. The molecule has 0 saturated carbocycles. The van der Waals surface area contributed by atoms with Gasteiger partial charge in [0, 0.05) is 13.2 Å². The van der Waals surface area contributed by atoms with E-state index >= 15 is 0 Å². The average molecular weight is 632 g/mol. The molecule has 42 heavy (non-hydrogen) atoms. The molecular formula is C28H62B2F8N2O2. The molecule has 2 N–H and O–H groups in total. The Hall–Kier alpha value is -0.590. The van der Waals surface area contributed by atoms with Crippen LogP contribution >= 0.6 is 0 Å². The van der Waals surface area contributed by atoms with E-state index in [-0.39, 0.29) is 0 Å². The SMILES string of the molecule is C[N+](C)(CCCCCCCCCCCO)CC[N+](C)(C)CCCCCCCCCCCO.F[B-](F)(F)F.F[B-](F)(F)F. The van der Waals surface area contributed by atoms with E-state index in [4.69, 9.17) is 10.2 Å². The first-order chi connectivity index (χ1) is 19.3. The average Bonchev–Trinajstić information content (AvgIpc) is 2.83. The lowest BCUT2D eigenvalue weighted by molar-refractivity contribution is -0.946. The molecule has 0 radical (unpaired) electrons. The van der Waals surface area contributed by atoms with Crippen LogP contribution in [0.2, 0.25) is 0 Å². The maximum atomic E-state index is 9.75. The fourth-order valence-corrected chi connectivity index (χ4v) is 4.54. The molecule has 0 unspecified atom stereocenters. The molecule has 0 amide bonds. The minimum absolute atomic E-state index is 0.359. The van der Waals surface area contributed by atoms with Gasteiger partial charge in [-0.05, 0) is 38.5 Å². The van der Waals surface area contributed by atoms with E-state index in [0.717, 1.165) is 12.8 Å². The lowest BCUT2D eigenvalue weighted by Gasteiger charge is -2.36. The standard InChI is InChI=1S/C28H62N2O2.2BF4/c1-29(2,23-19-15-11-7-5-9-13-17-21-27-31)25-26-30(3,4)24-20-16-12-8-6-10-14-18-22-28-32;2*2-1(3,4)5/h31-32H,5-28H2,1-4H3;;/q+2;2*-1. The maximum Gasteiger partial charge on any atom is 0.673 e. The Morgan fingerprint density at radius 1 is 0.333 bits per heavy atom. The molecule has 0 heterocycles. The van der Waals surface area contributed by atoms with Gasteiger partial charge in [-0.2, -0.15) is 0 Å². The summed E-state index contributed by atoms with van der Waals surface area (Å²) in [5.41, 5.74) is 0. The molecule has 4 nitrogen and oxygen atoms in total. The van der Waals surface area contributed by atoms with Gasteiger partial charge in [0.1, 0.15) is 13.1 Å². The van der Waals surface area contributed by atoms with Crippen molar-refractivity contribution in [2.75, 3.05) is 67.6 Å². The van der Waals surface area contributed by atoms with Crippen LogP contribution in [0.25, 0.3) is 0 Å². The molecule has 0 aliphatic heterocycles. The fourth-order valence-electron chi connectivity index (χ4n) is 4.54. The van der Waals surface area contributed by atoms with Gasteiger partial charge in [0.2, 0.25) is 0 Å². The van der Waals surface area contributed by atoms with Gasteiger partial charge in [-0.25, -0.2) is 0 Å². The van der Waals surface area contributed by atoms with Crippen LogP contribution in [0, 0.1) is 0 Å². The summed E-state index contributed by atoms with van der Waals surface area (Å²) in [7, 11) is -2.33. The van der Waals surface area contributed by atoms with Gasteiger partial charge in [-0.15, -0.1) is 0 Å². The third-order valence-electron chi connectivity index (χ3n) is 7.15. The summed E-state index contributed by atoms with van der Waals surface area (Å²) >= 11 is 0. The van der Waals surface area contributed by atoms with Crippen LogP contribution in [-0.4, -0.2) is 101 Å². The number of unbranched alkanes of at least 4 members (excludes halogenated alkanes) is 16. The normalized spacial score (nSPS) is 12.4. The van der Waals surface area contributed by atoms with E-state index in [2.05, 4.69) is 28.2 Å². The molecule has 0 fully saturated rings. The summed E-state index contributed by atoms with van der Waals surface area (Å²) in [6.45, 7) is 5.91. The maximum absolute atomic E-state index is 9.75. The second-order valence-corrected chi connectivity index (χ2v) is 12.6. The number of rotatable bonds is 25. The van der Waals surface area contributed by atoms with E-state index in [1.165, 1.54) is 138 Å². The molecular weight excluding hydrogens is 570 g/mol. The minimum atomic E-state index is -6.00. The van der Waals surface area contributed by atoms with E-state index in [1.54, 1.807) is 0 Å². The van der Waals surface area contributed by atoms with Gasteiger partial charge >= 0.3 is 14.5 Å². The first kappa shape index (κ1) is 45.8. The van der Waals surface area contributed by atoms with Gasteiger partial charge in [0.05, 0.1) is 41.3 Å². The number of halogens is 8. The van der Waals surface area contributed by atoms with Crippen LogP contribution < -0.4 is 0 Å². The summed E-state index contributed by atoms with van der Waals surface area (Å²) in [6.07, 6.45) is 23.5. The van der Waals surface area contributed by atoms with Gasteiger partial charge in [0.15, 0.2) is 0 Å². The fraction of sp³-hybridized carbons (Fsp3) is 1.00. The highest BCUT2D eigenvalue weighted by Crippen LogP contribution is 2.14. The molecule has 0 aliphatic carbocycles. The predicted molar refractivity (Wildman–Crippen MR) is 161 cm³/mol. The molecule has 0 atom stereocenters. The van der Waals surface area contributed by atoms with E-state index in [9.17, 15) is 34.5 Å². The first-order valence-electron chi connectivity index (χ1n) is 15.9. The van der Waals surface area contributed by atoms with Crippen LogP contribution in [0.4, 0.5) is 34.5 Å². The Bertz CT molecular complexity index is 511. The van der Waals surface area contributed by atoms with E-state index in [1.807, 2.05) is 0 Å². The number of aliphatic hydroxyl groups excluding tert-OH is 2. The second kappa shape index (κ2) is 27.9. The molecule has 14 heteroatoms. The van der Waals surface area contributed by atoms with Crippen molar-refractivity contribution < 1.29 is 53.7 Å². The quantitative estimate of drug-likeness (QED) is 0.0458. The molecule has 0 bridgehead atoms. The van der Waals surface area contributed by atoms with Gasteiger partial charge in [0.25, 0.3) is 0 Å². The highest BCUT2D eigenvalue weighted by Gasteiger charge is 2.22. The highest BCUT2D eigenvalue weighted by molar-refractivity contribution is 6.50. The Labute approximate surface area is 251 Å². The van der Waals surface area contributed by atoms with Gasteiger partial charge in [-0.3, -0.25) is 0 Å². The molecule has 0 aliphatic rings. The molecule has 258 valence electrons. The van der Waals surface area contributed by atoms with Crippen molar-refractivity contribution in [3.05, 3.63) is 0 Å².